The Hall–Kier alpha value is -2.14. The Balaban J connectivity index is 1.93. The number of hydrogen-bond donors (Lipinski definition) is 1. The maximum atomic E-state index is 13.5. The Kier molecular flexibility index (Phi) is 4.14. The molecule has 4 nitrogen and oxygen atoms in total. The maximum Gasteiger partial charge on any atom is 0.318 e. The summed E-state index contributed by atoms with van der Waals surface area (Å²) < 4.78 is 5.91. The van der Waals surface area contributed by atoms with Crippen LogP contribution in [0, 0.1) is 5.92 Å². The molecule has 134 valence electrons. The van der Waals surface area contributed by atoms with Crippen molar-refractivity contribution in [3.8, 4) is 0 Å². The minimum atomic E-state index is -0.816. The Morgan fingerprint density at radius 1 is 1.23 bits per heavy atom. The fourth-order valence-corrected chi connectivity index (χ4v) is 4.97. The molecule has 2 aliphatic heterocycles. The second kappa shape index (κ2) is 6.23. The summed E-state index contributed by atoms with van der Waals surface area (Å²) in [7, 11) is 1.34. The molecule has 5 heteroatoms. The molecule has 2 aromatic carbocycles. The van der Waals surface area contributed by atoms with Crippen LogP contribution in [0.25, 0.3) is 0 Å². The van der Waals surface area contributed by atoms with Crippen molar-refractivity contribution in [1.29, 1.82) is 0 Å². The average Bonchev–Trinajstić information content (AvgIpc) is 2.81. The molecule has 3 aliphatic rings. The SMILES string of the molecule is COC(=O)[C@H]1C(=O)[C@@H]2c3cc(Br)ccc3N[C@@]1(C)C[C@@H]2c1ccccc1. The molecular weight excluding hydrogens is 394 g/mol. The van der Waals surface area contributed by atoms with Crippen molar-refractivity contribution in [3.63, 3.8) is 0 Å². The van der Waals surface area contributed by atoms with Crippen LogP contribution in [0.4, 0.5) is 5.69 Å². The number of Topliss-reactive ketones (excluding diaryl/α,β-unsaturated/α-hetero) is 1. The molecular formula is C21H20BrNO3. The highest BCUT2D eigenvalue weighted by Gasteiger charge is 2.57. The van der Waals surface area contributed by atoms with Gasteiger partial charge in [0.25, 0.3) is 0 Å². The molecule has 1 aliphatic carbocycles. The summed E-state index contributed by atoms with van der Waals surface area (Å²) in [6.07, 6.45) is 0.680. The van der Waals surface area contributed by atoms with E-state index in [2.05, 4.69) is 33.4 Å². The number of anilines is 1. The summed E-state index contributed by atoms with van der Waals surface area (Å²) in [5.41, 5.74) is 2.28. The van der Waals surface area contributed by atoms with E-state index in [1.54, 1.807) is 0 Å². The Labute approximate surface area is 161 Å². The molecule has 0 radical (unpaired) electrons. The number of ether oxygens (including phenoxy) is 1. The number of hydrogen-bond acceptors (Lipinski definition) is 4. The van der Waals surface area contributed by atoms with E-state index in [1.165, 1.54) is 7.11 Å². The third kappa shape index (κ3) is 2.57. The summed E-state index contributed by atoms with van der Waals surface area (Å²) in [5.74, 6) is -1.71. The minimum absolute atomic E-state index is 0.0117. The first-order chi connectivity index (χ1) is 12.4. The lowest BCUT2D eigenvalue weighted by atomic mass is 9.62. The van der Waals surface area contributed by atoms with Crippen LogP contribution < -0.4 is 5.32 Å². The number of methoxy groups -OCH3 is 1. The van der Waals surface area contributed by atoms with Crippen molar-refractivity contribution in [1.82, 2.24) is 0 Å². The topological polar surface area (TPSA) is 55.4 Å². The van der Waals surface area contributed by atoms with Gasteiger partial charge < -0.3 is 10.1 Å². The number of carbonyl (C=O) groups is 2. The molecule has 2 aromatic rings. The van der Waals surface area contributed by atoms with E-state index in [0.717, 1.165) is 21.3 Å². The molecule has 0 unspecified atom stereocenters. The first-order valence-electron chi connectivity index (χ1n) is 8.69. The summed E-state index contributed by atoms with van der Waals surface area (Å²) in [6, 6.07) is 16.0. The van der Waals surface area contributed by atoms with Crippen LogP contribution in [0.15, 0.2) is 53.0 Å². The highest BCUT2D eigenvalue weighted by Crippen LogP contribution is 2.54. The quantitative estimate of drug-likeness (QED) is 0.590. The van der Waals surface area contributed by atoms with E-state index >= 15 is 0 Å². The molecule has 26 heavy (non-hydrogen) atoms. The van der Waals surface area contributed by atoms with E-state index in [-0.39, 0.29) is 17.6 Å². The van der Waals surface area contributed by atoms with Crippen molar-refractivity contribution in [2.75, 3.05) is 12.4 Å². The smallest absolute Gasteiger partial charge is 0.318 e. The van der Waals surface area contributed by atoms with Gasteiger partial charge in [0.1, 0.15) is 5.92 Å². The van der Waals surface area contributed by atoms with Gasteiger partial charge in [-0.25, -0.2) is 0 Å². The second-order valence-corrected chi connectivity index (χ2v) is 8.25. The van der Waals surface area contributed by atoms with Gasteiger partial charge in [-0.05, 0) is 42.7 Å². The highest BCUT2D eigenvalue weighted by atomic mass is 79.9. The van der Waals surface area contributed by atoms with E-state index < -0.39 is 17.4 Å². The molecule has 4 atom stereocenters. The van der Waals surface area contributed by atoms with E-state index in [1.807, 2.05) is 43.3 Å². The standard InChI is InChI=1S/C21H20BrNO3/c1-21-11-15(12-6-4-3-5-7-12)17(19(24)18(21)20(25)26-2)14-10-13(22)8-9-16(14)23-21/h3-10,15,17-18,23H,11H2,1-2H3/t15-,17-,18-,21+/m1/s1. The molecule has 2 bridgehead atoms. The van der Waals surface area contributed by atoms with Crippen molar-refractivity contribution in [2.45, 2.75) is 30.7 Å². The predicted octanol–water partition coefficient (Wildman–Crippen LogP) is 4.26. The van der Waals surface area contributed by atoms with Crippen LogP contribution >= 0.6 is 15.9 Å². The maximum absolute atomic E-state index is 13.5. The van der Waals surface area contributed by atoms with Crippen molar-refractivity contribution < 1.29 is 14.3 Å². The number of esters is 1. The van der Waals surface area contributed by atoms with Gasteiger partial charge in [0.2, 0.25) is 0 Å². The molecule has 0 spiro atoms. The number of rotatable bonds is 2. The Morgan fingerprint density at radius 2 is 1.96 bits per heavy atom. The molecule has 0 amide bonds. The second-order valence-electron chi connectivity index (χ2n) is 7.33. The number of carbonyl (C=O) groups excluding carboxylic acids is 2. The van der Waals surface area contributed by atoms with Crippen LogP contribution in [0.5, 0.6) is 0 Å². The Bertz CT molecular complexity index is 882. The minimum Gasteiger partial charge on any atom is -0.468 e. The lowest BCUT2D eigenvalue weighted by Gasteiger charge is -2.43. The van der Waals surface area contributed by atoms with Gasteiger partial charge in [-0.1, -0.05) is 46.3 Å². The molecule has 2 heterocycles. The lowest BCUT2D eigenvalue weighted by molar-refractivity contribution is -0.154. The molecule has 5 rings (SSSR count). The molecule has 1 N–H and O–H groups in total. The summed E-state index contributed by atoms with van der Waals surface area (Å²) in [4.78, 5) is 26.0. The first-order valence-corrected chi connectivity index (χ1v) is 9.48. The van der Waals surface area contributed by atoms with Crippen LogP contribution in [-0.4, -0.2) is 24.4 Å². The van der Waals surface area contributed by atoms with E-state index in [4.69, 9.17) is 4.74 Å². The molecule has 1 fully saturated rings. The zero-order chi connectivity index (χ0) is 18.5. The third-order valence-corrected chi connectivity index (χ3v) is 6.20. The number of ketones is 1. The fourth-order valence-electron chi connectivity index (χ4n) is 4.59. The van der Waals surface area contributed by atoms with Gasteiger partial charge in [-0.2, -0.15) is 0 Å². The molecule has 0 saturated heterocycles. The zero-order valence-corrected chi connectivity index (χ0v) is 16.2. The number of fused-ring (bicyclic) bond motifs is 2. The van der Waals surface area contributed by atoms with Gasteiger partial charge in [-0.3, -0.25) is 9.59 Å². The zero-order valence-electron chi connectivity index (χ0n) is 14.7. The largest absolute Gasteiger partial charge is 0.468 e. The molecule has 1 saturated carbocycles. The Morgan fingerprint density at radius 3 is 2.65 bits per heavy atom. The summed E-state index contributed by atoms with van der Waals surface area (Å²) in [5, 5.41) is 3.51. The monoisotopic (exact) mass is 413 g/mol. The van der Waals surface area contributed by atoms with Crippen LogP contribution in [0.1, 0.15) is 36.3 Å². The first kappa shape index (κ1) is 17.3. The number of halogens is 1. The number of benzene rings is 2. The van der Waals surface area contributed by atoms with Gasteiger partial charge >= 0.3 is 5.97 Å². The van der Waals surface area contributed by atoms with Crippen molar-refractivity contribution >= 4 is 33.4 Å². The fraction of sp³-hybridized carbons (Fsp3) is 0.333. The highest BCUT2D eigenvalue weighted by molar-refractivity contribution is 9.10. The van der Waals surface area contributed by atoms with Crippen molar-refractivity contribution in [2.24, 2.45) is 5.92 Å². The summed E-state index contributed by atoms with van der Waals surface area (Å²) in [6.45, 7) is 1.95. The van der Waals surface area contributed by atoms with Gasteiger partial charge in [0, 0.05) is 16.1 Å². The van der Waals surface area contributed by atoms with Gasteiger partial charge in [0.15, 0.2) is 5.78 Å². The average molecular weight is 414 g/mol. The van der Waals surface area contributed by atoms with E-state index in [9.17, 15) is 9.59 Å². The lowest BCUT2D eigenvalue weighted by Crippen LogP contribution is -2.55. The van der Waals surface area contributed by atoms with Crippen LogP contribution in [0.2, 0.25) is 0 Å². The summed E-state index contributed by atoms with van der Waals surface area (Å²) >= 11 is 3.52. The predicted molar refractivity (Wildman–Crippen MR) is 103 cm³/mol. The van der Waals surface area contributed by atoms with Crippen LogP contribution in [0.3, 0.4) is 0 Å². The van der Waals surface area contributed by atoms with Crippen molar-refractivity contribution in [3.05, 3.63) is 64.1 Å². The molecule has 0 aromatic heterocycles. The third-order valence-electron chi connectivity index (χ3n) is 5.71. The van der Waals surface area contributed by atoms with Gasteiger partial charge in [0.05, 0.1) is 18.6 Å². The van der Waals surface area contributed by atoms with Gasteiger partial charge in [-0.15, -0.1) is 0 Å². The van der Waals surface area contributed by atoms with Crippen LogP contribution in [-0.2, 0) is 14.3 Å². The number of nitrogens with one attached hydrogen (secondary N) is 1. The van der Waals surface area contributed by atoms with E-state index in [0.29, 0.717) is 6.42 Å². The normalized spacial score (nSPS) is 29.5.